The van der Waals surface area contributed by atoms with Gasteiger partial charge in [0.05, 0.1) is 0 Å². The molecule has 4 rings (SSSR count). The largest absolute Gasteiger partial charge is 0.481 e. The van der Waals surface area contributed by atoms with Crippen molar-refractivity contribution >= 4 is 5.97 Å². The Morgan fingerprint density at radius 1 is 0.926 bits per heavy atom. The highest BCUT2D eigenvalue weighted by molar-refractivity contribution is 5.67. The Labute approximate surface area is 166 Å². The molecule has 0 radical (unpaired) electrons. The molecule has 9 atom stereocenters. The van der Waals surface area contributed by atoms with E-state index in [0.29, 0.717) is 29.1 Å². The van der Waals surface area contributed by atoms with Crippen LogP contribution in [0.3, 0.4) is 0 Å². The first-order valence-corrected chi connectivity index (χ1v) is 12.0. The fourth-order valence-electron chi connectivity index (χ4n) is 9.06. The Morgan fingerprint density at radius 2 is 1.67 bits per heavy atom. The summed E-state index contributed by atoms with van der Waals surface area (Å²) in [4.78, 5) is 11.2. The van der Waals surface area contributed by atoms with Crippen LogP contribution in [0, 0.1) is 52.3 Å². The molecular weight excluding hydrogens is 332 g/mol. The monoisotopic (exact) mass is 374 g/mol. The van der Waals surface area contributed by atoms with Crippen molar-refractivity contribution in [1.82, 2.24) is 0 Å². The van der Waals surface area contributed by atoms with Gasteiger partial charge in [-0.25, -0.2) is 0 Å². The zero-order valence-electron chi connectivity index (χ0n) is 18.2. The Balaban J connectivity index is 1.54. The predicted molar refractivity (Wildman–Crippen MR) is 110 cm³/mol. The van der Waals surface area contributed by atoms with E-state index in [2.05, 4.69) is 27.7 Å². The van der Waals surface area contributed by atoms with Crippen LogP contribution in [-0.4, -0.2) is 11.1 Å². The van der Waals surface area contributed by atoms with Crippen LogP contribution in [0.15, 0.2) is 0 Å². The lowest BCUT2D eigenvalue weighted by atomic mass is 9.44. The minimum atomic E-state index is -0.624. The van der Waals surface area contributed by atoms with Crippen LogP contribution >= 0.6 is 0 Å². The predicted octanol–water partition coefficient (Wildman–Crippen LogP) is 6.78. The van der Waals surface area contributed by atoms with Crippen LogP contribution < -0.4 is 0 Å². The molecule has 2 nitrogen and oxygen atoms in total. The van der Waals surface area contributed by atoms with Gasteiger partial charge in [-0.15, -0.1) is 0 Å². The van der Waals surface area contributed by atoms with Gasteiger partial charge < -0.3 is 5.11 Å². The average Bonchev–Trinajstić information content (AvgIpc) is 2.97. The SMILES string of the molecule is CC(CC(=O)O)[C@@H](C)[C@H]1CC[C@H]2[C@@H]3CCC4CCCC[C@]4(C)[C@H]3CC[C@]12C. The lowest BCUT2D eigenvalue weighted by molar-refractivity contribution is -0.139. The van der Waals surface area contributed by atoms with Gasteiger partial charge in [-0.3, -0.25) is 4.79 Å². The first kappa shape index (κ1) is 19.8. The smallest absolute Gasteiger partial charge is 0.303 e. The normalized spacial score (nSPS) is 48.8. The third-order valence-corrected chi connectivity index (χ3v) is 10.7. The van der Waals surface area contributed by atoms with Gasteiger partial charge in [0.15, 0.2) is 0 Å². The van der Waals surface area contributed by atoms with Gasteiger partial charge in [0.2, 0.25) is 0 Å². The lowest BCUT2D eigenvalue weighted by Gasteiger charge is -2.61. The first-order chi connectivity index (χ1) is 12.8. The van der Waals surface area contributed by atoms with E-state index in [4.69, 9.17) is 0 Å². The lowest BCUT2D eigenvalue weighted by Crippen LogP contribution is -2.53. The summed E-state index contributed by atoms with van der Waals surface area (Å²) in [5.74, 6) is 4.77. The number of carboxylic acid groups (broad SMARTS) is 1. The topological polar surface area (TPSA) is 37.3 Å². The summed E-state index contributed by atoms with van der Waals surface area (Å²) in [6.45, 7) is 9.80. The van der Waals surface area contributed by atoms with E-state index in [1.54, 1.807) is 0 Å². The minimum Gasteiger partial charge on any atom is -0.481 e. The molecule has 0 aromatic carbocycles. The van der Waals surface area contributed by atoms with Gasteiger partial charge in [0, 0.05) is 6.42 Å². The molecule has 0 bridgehead atoms. The number of hydrogen-bond acceptors (Lipinski definition) is 1. The van der Waals surface area contributed by atoms with Gasteiger partial charge in [-0.05, 0) is 104 Å². The molecule has 4 fully saturated rings. The summed E-state index contributed by atoms with van der Waals surface area (Å²) in [7, 11) is 0. The molecule has 0 heterocycles. The summed E-state index contributed by atoms with van der Waals surface area (Å²) in [5, 5.41) is 9.27. The van der Waals surface area contributed by atoms with Crippen LogP contribution in [0.25, 0.3) is 0 Å². The molecule has 0 aliphatic heterocycles. The van der Waals surface area contributed by atoms with Crippen LogP contribution in [0.2, 0.25) is 0 Å². The van der Waals surface area contributed by atoms with Crippen molar-refractivity contribution in [3.63, 3.8) is 0 Å². The maximum Gasteiger partial charge on any atom is 0.303 e. The Bertz CT molecular complexity index is 571. The summed E-state index contributed by atoms with van der Waals surface area (Å²) in [5.41, 5.74) is 1.09. The van der Waals surface area contributed by atoms with Crippen molar-refractivity contribution < 1.29 is 9.90 Å². The fraction of sp³-hybridized carbons (Fsp3) is 0.960. The first-order valence-electron chi connectivity index (χ1n) is 12.0. The van der Waals surface area contributed by atoms with Gasteiger partial charge in [0.25, 0.3) is 0 Å². The van der Waals surface area contributed by atoms with Gasteiger partial charge in [0.1, 0.15) is 0 Å². The average molecular weight is 375 g/mol. The second-order valence-electron chi connectivity index (χ2n) is 11.6. The van der Waals surface area contributed by atoms with E-state index in [0.717, 1.165) is 29.6 Å². The van der Waals surface area contributed by atoms with Crippen LogP contribution in [-0.2, 0) is 4.79 Å². The third-order valence-electron chi connectivity index (χ3n) is 10.7. The van der Waals surface area contributed by atoms with Crippen LogP contribution in [0.1, 0.15) is 98.3 Å². The van der Waals surface area contributed by atoms with Crippen molar-refractivity contribution in [3.05, 3.63) is 0 Å². The number of carboxylic acids is 1. The van der Waals surface area contributed by atoms with E-state index < -0.39 is 5.97 Å². The van der Waals surface area contributed by atoms with Crippen LogP contribution in [0.5, 0.6) is 0 Å². The Kier molecular flexibility index (Phi) is 5.17. The molecule has 0 aromatic rings. The number of fused-ring (bicyclic) bond motifs is 5. The van der Waals surface area contributed by atoms with Crippen molar-refractivity contribution in [2.45, 2.75) is 98.3 Å². The molecule has 154 valence electrons. The maximum atomic E-state index is 11.2. The Morgan fingerprint density at radius 3 is 2.41 bits per heavy atom. The van der Waals surface area contributed by atoms with Gasteiger partial charge in [-0.1, -0.05) is 40.5 Å². The number of rotatable bonds is 4. The zero-order chi connectivity index (χ0) is 19.4. The molecule has 0 amide bonds. The molecule has 4 aliphatic carbocycles. The number of hydrogen-bond donors (Lipinski definition) is 1. The highest BCUT2D eigenvalue weighted by Crippen LogP contribution is 2.68. The summed E-state index contributed by atoms with van der Waals surface area (Å²) < 4.78 is 0. The fourth-order valence-corrected chi connectivity index (χ4v) is 9.06. The molecule has 1 N–H and O–H groups in total. The highest BCUT2D eigenvalue weighted by Gasteiger charge is 2.60. The Hall–Kier alpha value is -0.530. The molecule has 0 aromatic heterocycles. The molecular formula is C25H42O2. The standard InChI is InChI=1S/C25H42O2/c1-16(15-23(26)27)17(2)20-10-11-21-19-9-8-18-7-5-6-13-24(18,3)22(19)12-14-25(20,21)4/h16-22H,5-15H2,1-4H3,(H,26,27)/t16?,17-,18?,19+,20-,21+,22+,24+,25-/m1/s1. The van der Waals surface area contributed by atoms with Crippen LogP contribution in [0.4, 0.5) is 0 Å². The van der Waals surface area contributed by atoms with Crippen molar-refractivity contribution in [3.8, 4) is 0 Å². The van der Waals surface area contributed by atoms with E-state index in [1.165, 1.54) is 64.2 Å². The third kappa shape index (κ3) is 3.08. The van der Waals surface area contributed by atoms with E-state index >= 15 is 0 Å². The van der Waals surface area contributed by atoms with Gasteiger partial charge >= 0.3 is 5.97 Å². The minimum absolute atomic E-state index is 0.299. The van der Waals surface area contributed by atoms with Crippen molar-refractivity contribution in [2.75, 3.05) is 0 Å². The zero-order valence-corrected chi connectivity index (χ0v) is 18.2. The number of carbonyl (C=O) groups is 1. The molecule has 2 unspecified atom stereocenters. The van der Waals surface area contributed by atoms with Gasteiger partial charge in [-0.2, -0.15) is 0 Å². The van der Waals surface area contributed by atoms with E-state index in [-0.39, 0.29) is 0 Å². The molecule has 4 aliphatic rings. The van der Waals surface area contributed by atoms with E-state index in [1.807, 2.05) is 0 Å². The quantitative estimate of drug-likeness (QED) is 0.588. The molecule has 0 spiro atoms. The van der Waals surface area contributed by atoms with E-state index in [9.17, 15) is 9.90 Å². The second kappa shape index (κ2) is 7.06. The second-order valence-corrected chi connectivity index (χ2v) is 11.6. The maximum absolute atomic E-state index is 11.2. The molecule has 2 heteroatoms. The van der Waals surface area contributed by atoms with Crippen molar-refractivity contribution in [1.29, 1.82) is 0 Å². The molecule has 27 heavy (non-hydrogen) atoms. The summed E-state index contributed by atoms with van der Waals surface area (Å²) in [6, 6.07) is 0. The molecule has 4 saturated carbocycles. The highest BCUT2D eigenvalue weighted by atomic mass is 16.4. The summed E-state index contributed by atoms with van der Waals surface area (Å²) >= 11 is 0. The van der Waals surface area contributed by atoms with Crippen molar-refractivity contribution in [2.24, 2.45) is 52.3 Å². The molecule has 0 saturated heterocycles. The number of aliphatic carboxylic acids is 1. The summed E-state index contributed by atoms with van der Waals surface area (Å²) in [6.07, 6.45) is 14.8.